The first kappa shape index (κ1) is 10.6. The second-order valence-electron chi connectivity index (χ2n) is 3.05. The molecule has 0 unspecified atom stereocenters. The lowest BCUT2D eigenvalue weighted by Gasteiger charge is -1.96. The molecule has 2 heterocycles. The maximum atomic E-state index is 11.3. The van der Waals surface area contributed by atoms with E-state index in [0.29, 0.717) is 4.77 Å². The predicted octanol–water partition coefficient (Wildman–Crippen LogP) is 2.22. The van der Waals surface area contributed by atoms with Gasteiger partial charge in [0.05, 0.1) is 12.8 Å². The molecule has 16 heavy (non-hydrogen) atoms. The molecule has 0 bridgehead atoms. The molecule has 1 N–H and O–H groups in total. The third-order valence-electron chi connectivity index (χ3n) is 2.08. The fourth-order valence-electron chi connectivity index (χ4n) is 1.31. The minimum atomic E-state index is -0.512. The first-order valence-electron chi connectivity index (χ1n) is 4.53. The zero-order valence-electron chi connectivity index (χ0n) is 8.51. The second kappa shape index (κ2) is 4.28. The maximum absolute atomic E-state index is 11.3. The largest absolute Gasteiger partial charge is 0.452 e. The second-order valence-corrected chi connectivity index (χ2v) is 3.44. The summed E-state index contributed by atoms with van der Waals surface area (Å²) in [7, 11) is 1.31. The van der Waals surface area contributed by atoms with E-state index in [-0.39, 0.29) is 0 Å². The zero-order valence-corrected chi connectivity index (χ0v) is 9.32. The van der Waals surface area contributed by atoms with Crippen LogP contribution in [0.2, 0.25) is 0 Å². The maximum Gasteiger partial charge on any atom is 0.420 e. The summed E-state index contributed by atoms with van der Waals surface area (Å²) in [5.41, 5.74) is 1.65. The molecular formula is C10H9N3O2S. The molecule has 0 saturated carbocycles. The van der Waals surface area contributed by atoms with Crippen LogP contribution in [0.15, 0.2) is 30.7 Å². The van der Waals surface area contributed by atoms with Gasteiger partial charge in [0.2, 0.25) is 0 Å². The van der Waals surface area contributed by atoms with Gasteiger partial charge >= 0.3 is 6.09 Å². The highest BCUT2D eigenvalue weighted by molar-refractivity contribution is 7.71. The number of pyridine rings is 1. The van der Waals surface area contributed by atoms with Crippen molar-refractivity contribution >= 4 is 18.3 Å². The number of aromatic nitrogens is 3. The van der Waals surface area contributed by atoms with Crippen molar-refractivity contribution in [1.82, 2.24) is 14.5 Å². The smallest absolute Gasteiger partial charge is 0.420 e. The van der Waals surface area contributed by atoms with E-state index >= 15 is 0 Å². The monoisotopic (exact) mass is 235 g/mol. The van der Waals surface area contributed by atoms with Crippen molar-refractivity contribution in [2.75, 3.05) is 7.11 Å². The number of carbonyl (C=O) groups excluding carboxylic acids is 1. The standard InChI is InChI=1S/C10H9N3O2S/c1-15-10(14)13-6-8(12-9(13)16)7-2-4-11-5-3-7/h2-6H,1H3,(H,12,16). The fraction of sp³-hybridized carbons (Fsp3) is 0.100. The molecule has 82 valence electrons. The molecular weight excluding hydrogens is 226 g/mol. The lowest BCUT2D eigenvalue weighted by Crippen LogP contribution is -2.09. The van der Waals surface area contributed by atoms with Crippen molar-refractivity contribution in [2.45, 2.75) is 0 Å². The molecule has 0 fully saturated rings. The fourth-order valence-corrected chi connectivity index (χ4v) is 1.54. The summed E-state index contributed by atoms with van der Waals surface area (Å²) in [6, 6.07) is 3.64. The molecule has 0 radical (unpaired) electrons. The van der Waals surface area contributed by atoms with E-state index < -0.39 is 6.09 Å². The normalized spacial score (nSPS) is 10.1. The Morgan fingerprint density at radius 3 is 2.81 bits per heavy atom. The minimum Gasteiger partial charge on any atom is -0.452 e. The van der Waals surface area contributed by atoms with Crippen LogP contribution in [0.4, 0.5) is 4.79 Å². The third kappa shape index (κ3) is 1.87. The molecule has 0 aliphatic carbocycles. The number of hydrogen-bond donors (Lipinski definition) is 1. The zero-order chi connectivity index (χ0) is 11.5. The number of nitrogens with one attached hydrogen (secondary N) is 1. The summed E-state index contributed by atoms with van der Waals surface area (Å²) < 4.78 is 6.14. The molecule has 2 aromatic heterocycles. The quantitative estimate of drug-likeness (QED) is 0.770. The summed E-state index contributed by atoms with van der Waals surface area (Å²) in [5.74, 6) is 0. The Kier molecular flexibility index (Phi) is 2.82. The van der Waals surface area contributed by atoms with Crippen molar-refractivity contribution < 1.29 is 9.53 Å². The van der Waals surface area contributed by atoms with Crippen LogP contribution in [0.5, 0.6) is 0 Å². The number of rotatable bonds is 1. The third-order valence-corrected chi connectivity index (χ3v) is 2.38. The average Bonchev–Trinajstić information content (AvgIpc) is 2.71. The molecule has 0 amide bonds. The summed E-state index contributed by atoms with van der Waals surface area (Å²) >= 11 is 5.01. The van der Waals surface area contributed by atoms with E-state index in [9.17, 15) is 4.79 Å². The van der Waals surface area contributed by atoms with Crippen LogP contribution in [-0.2, 0) is 4.74 Å². The van der Waals surface area contributed by atoms with E-state index in [2.05, 4.69) is 14.7 Å². The SMILES string of the molecule is COC(=O)n1cc(-c2ccncc2)[nH]c1=S. The Hall–Kier alpha value is -1.95. The molecule has 0 aliphatic heterocycles. The highest BCUT2D eigenvalue weighted by Crippen LogP contribution is 2.16. The van der Waals surface area contributed by atoms with Crippen LogP contribution in [0.1, 0.15) is 0 Å². The van der Waals surface area contributed by atoms with Crippen molar-refractivity contribution in [3.8, 4) is 11.3 Å². The van der Waals surface area contributed by atoms with Gasteiger partial charge in [-0.1, -0.05) is 0 Å². The lowest BCUT2D eigenvalue weighted by atomic mass is 10.2. The van der Waals surface area contributed by atoms with Gasteiger partial charge in [0, 0.05) is 24.2 Å². The summed E-state index contributed by atoms with van der Waals surface area (Å²) in [6.45, 7) is 0. The summed E-state index contributed by atoms with van der Waals surface area (Å²) in [4.78, 5) is 18.2. The Balaban J connectivity index is 2.47. The van der Waals surface area contributed by atoms with E-state index in [0.717, 1.165) is 11.3 Å². The first-order chi connectivity index (χ1) is 7.72. The molecule has 5 nitrogen and oxygen atoms in total. The lowest BCUT2D eigenvalue weighted by molar-refractivity contribution is 0.172. The van der Waals surface area contributed by atoms with Gasteiger partial charge in [-0.3, -0.25) is 4.98 Å². The number of H-pyrrole nitrogens is 1. The van der Waals surface area contributed by atoms with E-state index in [1.165, 1.54) is 11.7 Å². The molecule has 0 saturated heterocycles. The topological polar surface area (TPSA) is 59.9 Å². The molecule has 6 heteroatoms. The molecule has 2 aromatic rings. The number of carbonyl (C=O) groups is 1. The van der Waals surface area contributed by atoms with Gasteiger partial charge in [-0.15, -0.1) is 0 Å². The van der Waals surface area contributed by atoms with Gasteiger partial charge in [-0.25, -0.2) is 9.36 Å². The Labute approximate surface area is 96.7 Å². The first-order valence-corrected chi connectivity index (χ1v) is 4.93. The highest BCUT2D eigenvalue weighted by Gasteiger charge is 2.08. The predicted molar refractivity (Wildman–Crippen MR) is 60.7 cm³/mol. The van der Waals surface area contributed by atoms with Crippen molar-refractivity contribution in [1.29, 1.82) is 0 Å². The van der Waals surface area contributed by atoms with E-state index in [1.54, 1.807) is 18.6 Å². The van der Waals surface area contributed by atoms with E-state index in [4.69, 9.17) is 12.2 Å². The number of methoxy groups -OCH3 is 1. The van der Waals surface area contributed by atoms with Crippen molar-refractivity contribution in [3.63, 3.8) is 0 Å². The molecule has 0 aliphatic rings. The van der Waals surface area contributed by atoms with Crippen LogP contribution in [-0.4, -0.2) is 27.7 Å². The molecule has 0 spiro atoms. The molecule has 2 rings (SSSR count). The number of hydrogen-bond acceptors (Lipinski definition) is 4. The molecule has 0 atom stereocenters. The summed E-state index contributed by atoms with van der Waals surface area (Å²) in [6.07, 6.45) is 4.42. The number of nitrogens with zero attached hydrogens (tertiary/aromatic N) is 2. The number of ether oxygens (including phenoxy) is 1. The Morgan fingerprint density at radius 2 is 2.19 bits per heavy atom. The van der Waals surface area contributed by atoms with Crippen LogP contribution >= 0.6 is 12.2 Å². The number of imidazole rings is 1. The van der Waals surface area contributed by atoms with Crippen LogP contribution in [0.25, 0.3) is 11.3 Å². The molecule has 0 aromatic carbocycles. The van der Waals surface area contributed by atoms with Gasteiger partial charge in [0.15, 0.2) is 4.77 Å². The van der Waals surface area contributed by atoms with Crippen LogP contribution in [0, 0.1) is 4.77 Å². The van der Waals surface area contributed by atoms with E-state index in [1.807, 2.05) is 12.1 Å². The van der Waals surface area contributed by atoms with Gasteiger partial charge in [-0.05, 0) is 24.4 Å². The average molecular weight is 235 g/mol. The highest BCUT2D eigenvalue weighted by atomic mass is 32.1. The van der Waals surface area contributed by atoms with Crippen LogP contribution in [0.3, 0.4) is 0 Å². The van der Waals surface area contributed by atoms with Crippen molar-refractivity contribution in [3.05, 3.63) is 35.5 Å². The van der Waals surface area contributed by atoms with Crippen molar-refractivity contribution in [2.24, 2.45) is 0 Å². The van der Waals surface area contributed by atoms with Gasteiger partial charge in [-0.2, -0.15) is 0 Å². The number of aromatic amines is 1. The van der Waals surface area contributed by atoms with Gasteiger partial charge < -0.3 is 9.72 Å². The van der Waals surface area contributed by atoms with Crippen LogP contribution < -0.4 is 0 Å². The Bertz CT molecular complexity index is 559. The minimum absolute atomic E-state index is 0.304. The van der Waals surface area contributed by atoms with Gasteiger partial charge in [0.1, 0.15) is 0 Å². The van der Waals surface area contributed by atoms with Gasteiger partial charge in [0.25, 0.3) is 0 Å². The Morgan fingerprint density at radius 1 is 1.50 bits per heavy atom. The summed E-state index contributed by atoms with van der Waals surface area (Å²) in [5, 5.41) is 0.